The van der Waals surface area contributed by atoms with Crippen molar-refractivity contribution in [2.45, 2.75) is 13.3 Å². The Labute approximate surface area is 144 Å². The van der Waals surface area contributed by atoms with Crippen LogP contribution in [0.25, 0.3) is 6.08 Å². The fourth-order valence-corrected chi connectivity index (χ4v) is 2.83. The Morgan fingerprint density at radius 2 is 2.17 bits per heavy atom. The molecule has 124 valence electrons. The van der Waals surface area contributed by atoms with Crippen molar-refractivity contribution < 1.29 is 19.0 Å². The van der Waals surface area contributed by atoms with Crippen LogP contribution in [-0.4, -0.2) is 25.6 Å². The van der Waals surface area contributed by atoms with Gasteiger partial charge in [-0.25, -0.2) is 9.79 Å². The van der Waals surface area contributed by atoms with Crippen LogP contribution in [0.1, 0.15) is 23.8 Å². The van der Waals surface area contributed by atoms with Gasteiger partial charge in [-0.2, -0.15) is 0 Å². The minimum absolute atomic E-state index is 0.266. The molecule has 0 N–H and O–H groups in total. The van der Waals surface area contributed by atoms with E-state index in [4.69, 9.17) is 14.2 Å². The van der Waals surface area contributed by atoms with E-state index in [1.165, 1.54) is 11.3 Å². The lowest BCUT2D eigenvalue weighted by atomic mass is 10.1. The highest BCUT2D eigenvalue weighted by Gasteiger charge is 2.24. The van der Waals surface area contributed by atoms with Gasteiger partial charge in [-0.1, -0.05) is 19.1 Å². The Morgan fingerprint density at radius 1 is 1.29 bits per heavy atom. The molecule has 1 aliphatic rings. The predicted octanol–water partition coefficient (Wildman–Crippen LogP) is 3.89. The Hall–Kier alpha value is -2.60. The highest BCUT2D eigenvalue weighted by Crippen LogP contribution is 2.30. The van der Waals surface area contributed by atoms with Crippen molar-refractivity contribution in [3.63, 3.8) is 0 Å². The number of nitrogens with zero attached hydrogens (tertiary/aromatic N) is 1. The maximum Gasteiger partial charge on any atom is 0.363 e. The highest BCUT2D eigenvalue weighted by molar-refractivity contribution is 7.12. The number of ether oxygens (including phenoxy) is 3. The van der Waals surface area contributed by atoms with Gasteiger partial charge in [0, 0.05) is 0 Å². The van der Waals surface area contributed by atoms with Crippen LogP contribution >= 0.6 is 11.3 Å². The number of hydrogen-bond acceptors (Lipinski definition) is 6. The number of thiophene rings is 1. The zero-order valence-corrected chi connectivity index (χ0v) is 14.3. The average molecular weight is 343 g/mol. The Balaban J connectivity index is 1.86. The van der Waals surface area contributed by atoms with Gasteiger partial charge in [-0.15, -0.1) is 11.3 Å². The zero-order valence-electron chi connectivity index (χ0n) is 13.4. The molecule has 0 spiro atoms. The molecular weight excluding hydrogens is 326 g/mol. The number of aliphatic imine (C=N–C) groups is 1. The Morgan fingerprint density at radius 3 is 2.88 bits per heavy atom. The van der Waals surface area contributed by atoms with Crippen molar-refractivity contribution in [1.29, 1.82) is 0 Å². The summed E-state index contributed by atoms with van der Waals surface area (Å²) in [5.41, 5.74) is 1.06. The summed E-state index contributed by atoms with van der Waals surface area (Å²) >= 11 is 1.47. The number of methoxy groups -OCH3 is 1. The van der Waals surface area contributed by atoms with Gasteiger partial charge in [-0.3, -0.25) is 0 Å². The molecule has 0 atom stereocenters. The lowest BCUT2D eigenvalue weighted by molar-refractivity contribution is -0.129. The van der Waals surface area contributed by atoms with E-state index in [2.05, 4.69) is 4.99 Å². The van der Waals surface area contributed by atoms with Gasteiger partial charge < -0.3 is 14.2 Å². The quantitative estimate of drug-likeness (QED) is 0.590. The summed E-state index contributed by atoms with van der Waals surface area (Å²) in [6.45, 7) is 2.66. The first-order valence-electron chi connectivity index (χ1n) is 7.58. The van der Waals surface area contributed by atoms with Gasteiger partial charge in [0.05, 0.1) is 18.6 Å². The summed E-state index contributed by atoms with van der Waals surface area (Å²) in [6, 6.07) is 9.24. The Kier molecular flexibility index (Phi) is 4.96. The summed E-state index contributed by atoms with van der Waals surface area (Å²) in [5.74, 6) is 1.18. The molecule has 0 saturated heterocycles. The molecule has 0 aliphatic carbocycles. The van der Waals surface area contributed by atoms with E-state index in [-0.39, 0.29) is 5.70 Å². The van der Waals surface area contributed by atoms with Crippen LogP contribution < -0.4 is 9.47 Å². The zero-order chi connectivity index (χ0) is 16.9. The van der Waals surface area contributed by atoms with E-state index in [0.717, 1.165) is 16.9 Å². The van der Waals surface area contributed by atoms with E-state index in [1.54, 1.807) is 13.2 Å². The standard InChI is InChI=1S/C18H17NO4S/c1-3-8-22-14-7-6-12(11-15(14)21-2)10-13-18(20)23-17(19-13)16-5-4-9-24-16/h4-7,9-11H,3,8H2,1-2H3/b13-10+. The van der Waals surface area contributed by atoms with Crippen LogP contribution in [0.15, 0.2) is 46.4 Å². The highest BCUT2D eigenvalue weighted by atomic mass is 32.1. The number of carbonyl (C=O) groups excluding carboxylic acids is 1. The van der Waals surface area contributed by atoms with Crippen LogP contribution in [-0.2, 0) is 9.53 Å². The molecule has 1 aliphatic heterocycles. The van der Waals surface area contributed by atoms with E-state index in [1.807, 2.05) is 42.6 Å². The molecule has 24 heavy (non-hydrogen) atoms. The lowest BCUT2D eigenvalue weighted by Gasteiger charge is -2.10. The van der Waals surface area contributed by atoms with Crippen LogP contribution in [0.5, 0.6) is 11.5 Å². The minimum Gasteiger partial charge on any atom is -0.493 e. The van der Waals surface area contributed by atoms with Crippen LogP contribution in [0, 0.1) is 0 Å². The molecule has 0 radical (unpaired) electrons. The Bertz CT molecular complexity index is 793. The number of benzene rings is 1. The van der Waals surface area contributed by atoms with Crippen molar-refractivity contribution in [2.75, 3.05) is 13.7 Å². The first kappa shape index (κ1) is 16.3. The van der Waals surface area contributed by atoms with Gasteiger partial charge >= 0.3 is 5.97 Å². The molecule has 2 aromatic rings. The van der Waals surface area contributed by atoms with Gasteiger partial charge in [0.1, 0.15) is 0 Å². The maximum atomic E-state index is 12.0. The molecule has 2 heterocycles. The molecule has 0 fully saturated rings. The molecule has 0 unspecified atom stereocenters. The summed E-state index contributed by atoms with van der Waals surface area (Å²) in [6.07, 6.45) is 2.59. The fraction of sp³-hybridized carbons (Fsp3) is 0.222. The van der Waals surface area contributed by atoms with Crippen molar-refractivity contribution in [2.24, 2.45) is 4.99 Å². The SMILES string of the molecule is CCCOc1ccc(/C=C2/N=C(c3cccs3)OC2=O)cc1OC. The normalized spacial score (nSPS) is 15.3. The summed E-state index contributed by atoms with van der Waals surface area (Å²) < 4.78 is 16.2. The van der Waals surface area contributed by atoms with Crippen molar-refractivity contribution in [3.05, 3.63) is 51.8 Å². The molecule has 1 aromatic carbocycles. The van der Waals surface area contributed by atoms with E-state index in [9.17, 15) is 4.79 Å². The molecule has 3 rings (SSSR count). The summed E-state index contributed by atoms with van der Waals surface area (Å²) in [4.78, 5) is 17.1. The largest absolute Gasteiger partial charge is 0.493 e. The van der Waals surface area contributed by atoms with E-state index in [0.29, 0.717) is 24.0 Å². The van der Waals surface area contributed by atoms with Gasteiger partial charge in [0.15, 0.2) is 17.2 Å². The smallest absolute Gasteiger partial charge is 0.363 e. The molecule has 6 heteroatoms. The third-order valence-electron chi connectivity index (χ3n) is 3.31. The minimum atomic E-state index is -0.455. The molecule has 0 amide bonds. The monoisotopic (exact) mass is 343 g/mol. The number of hydrogen-bond donors (Lipinski definition) is 0. The molecular formula is C18H17NO4S. The first-order chi connectivity index (χ1) is 11.7. The number of carbonyl (C=O) groups is 1. The fourth-order valence-electron chi connectivity index (χ4n) is 2.18. The predicted molar refractivity (Wildman–Crippen MR) is 93.7 cm³/mol. The molecule has 1 aromatic heterocycles. The van der Waals surface area contributed by atoms with Gasteiger partial charge in [0.25, 0.3) is 0 Å². The third-order valence-corrected chi connectivity index (χ3v) is 4.16. The average Bonchev–Trinajstić information content (AvgIpc) is 3.24. The molecule has 0 bridgehead atoms. The molecule has 0 saturated carbocycles. The summed E-state index contributed by atoms with van der Waals surface area (Å²) in [7, 11) is 1.59. The van der Waals surface area contributed by atoms with Gasteiger partial charge in [0.2, 0.25) is 5.90 Å². The second-order valence-electron chi connectivity index (χ2n) is 5.07. The molecule has 5 nitrogen and oxygen atoms in total. The van der Waals surface area contributed by atoms with Crippen LogP contribution in [0.4, 0.5) is 0 Å². The second kappa shape index (κ2) is 7.31. The van der Waals surface area contributed by atoms with E-state index >= 15 is 0 Å². The summed E-state index contributed by atoms with van der Waals surface area (Å²) in [5, 5.41) is 1.91. The number of esters is 1. The second-order valence-corrected chi connectivity index (χ2v) is 6.02. The van der Waals surface area contributed by atoms with Crippen molar-refractivity contribution >= 4 is 29.3 Å². The first-order valence-corrected chi connectivity index (χ1v) is 8.46. The van der Waals surface area contributed by atoms with Crippen LogP contribution in [0.2, 0.25) is 0 Å². The maximum absolute atomic E-state index is 12.0. The van der Waals surface area contributed by atoms with Crippen molar-refractivity contribution in [3.8, 4) is 11.5 Å². The number of cyclic esters (lactones) is 1. The number of rotatable bonds is 6. The third kappa shape index (κ3) is 3.49. The van der Waals surface area contributed by atoms with Crippen molar-refractivity contribution in [1.82, 2.24) is 0 Å². The van der Waals surface area contributed by atoms with Crippen LogP contribution in [0.3, 0.4) is 0 Å². The lowest BCUT2D eigenvalue weighted by Crippen LogP contribution is -2.03. The van der Waals surface area contributed by atoms with Gasteiger partial charge in [-0.05, 0) is 41.6 Å². The van der Waals surface area contributed by atoms with E-state index < -0.39 is 5.97 Å². The topological polar surface area (TPSA) is 57.1 Å².